The summed E-state index contributed by atoms with van der Waals surface area (Å²) >= 11 is 9.10. The molecule has 1 aromatic carbocycles. The van der Waals surface area contributed by atoms with Crippen molar-refractivity contribution in [3.05, 3.63) is 51.1 Å². The van der Waals surface area contributed by atoms with Gasteiger partial charge in [-0.3, -0.25) is 4.79 Å². The van der Waals surface area contributed by atoms with Crippen LogP contribution in [0, 0.1) is 5.82 Å². The van der Waals surface area contributed by atoms with Gasteiger partial charge in [0.2, 0.25) is 0 Å². The highest BCUT2D eigenvalue weighted by Crippen LogP contribution is 2.21. The van der Waals surface area contributed by atoms with Gasteiger partial charge >= 0.3 is 0 Å². The standard InChI is InChI=1S/C12H8BrClFN3O/c13-10-2-1-8(15)3-7(10)4-16-12-9(5-19)11(14)17-6-18-12/h1-3,5-6H,4H2,(H,16,17,18). The number of carbonyl (C=O) groups excluding carboxylic acids is 1. The summed E-state index contributed by atoms with van der Waals surface area (Å²) in [5.41, 5.74) is 0.878. The maximum Gasteiger partial charge on any atom is 0.156 e. The Hall–Kier alpha value is -1.53. The van der Waals surface area contributed by atoms with E-state index < -0.39 is 0 Å². The van der Waals surface area contributed by atoms with Gasteiger partial charge in [0.15, 0.2) is 6.29 Å². The van der Waals surface area contributed by atoms with Gasteiger partial charge in [0.1, 0.15) is 23.1 Å². The van der Waals surface area contributed by atoms with Crippen LogP contribution in [-0.4, -0.2) is 16.3 Å². The molecule has 0 atom stereocenters. The van der Waals surface area contributed by atoms with Crippen LogP contribution in [0.15, 0.2) is 29.0 Å². The van der Waals surface area contributed by atoms with Gasteiger partial charge in [-0.1, -0.05) is 27.5 Å². The van der Waals surface area contributed by atoms with Crippen molar-refractivity contribution in [1.82, 2.24) is 9.97 Å². The Kier molecular flexibility index (Phi) is 4.44. The molecule has 0 aliphatic rings. The van der Waals surface area contributed by atoms with Crippen molar-refractivity contribution in [2.45, 2.75) is 6.54 Å². The van der Waals surface area contributed by atoms with Crippen molar-refractivity contribution in [2.24, 2.45) is 0 Å². The molecule has 0 unspecified atom stereocenters. The van der Waals surface area contributed by atoms with E-state index in [4.69, 9.17) is 11.6 Å². The number of aldehydes is 1. The highest BCUT2D eigenvalue weighted by atomic mass is 79.9. The first-order valence-corrected chi connectivity index (χ1v) is 6.42. The molecular formula is C12H8BrClFN3O. The number of nitrogens with zero attached hydrogens (tertiary/aromatic N) is 2. The van der Waals surface area contributed by atoms with Gasteiger partial charge in [-0.05, 0) is 23.8 Å². The predicted molar refractivity (Wildman–Crippen MR) is 73.9 cm³/mol. The number of carbonyl (C=O) groups is 1. The molecule has 0 spiro atoms. The average Bonchev–Trinajstić information content (AvgIpc) is 2.40. The van der Waals surface area contributed by atoms with Gasteiger partial charge in [-0.25, -0.2) is 14.4 Å². The fourth-order valence-electron chi connectivity index (χ4n) is 1.48. The van der Waals surface area contributed by atoms with Crippen LogP contribution in [0.25, 0.3) is 0 Å². The molecule has 0 fully saturated rings. The highest BCUT2D eigenvalue weighted by Gasteiger charge is 2.09. The van der Waals surface area contributed by atoms with Crippen molar-refractivity contribution < 1.29 is 9.18 Å². The lowest BCUT2D eigenvalue weighted by atomic mass is 10.2. The number of nitrogens with one attached hydrogen (secondary N) is 1. The largest absolute Gasteiger partial charge is 0.365 e. The molecule has 0 aliphatic carbocycles. The van der Waals surface area contributed by atoms with Gasteiger partial charge in [0.05, 0.1) is 5.56 Å². The fraction of sp³-hybridized carbons (Fsp3) is 0.0833. The van der Waals surface area contributed by atoms with Gasteiger partial charge in [-0.2, -0.15) is 0 Å². The monoisotopic (exact) mass is 343 g/mol. The normalized spacial score (nSPS) is 10.3. The minimum absolute atomic E-state index is 0.0748. The Balaban J connectivity index is 2.21. The van der Waals surface area contributed by atoms with E-state index in [1.54, 1.807) is 6.07 Å². The van der Waals surface area contributed by atoms with E-state index in [9.17, 15) is 9.18 Å². The summed E-state index contributed by atoms with van der Waals surface area (Å²) in [6.07, 6.45) is 1.82. The maximum absolute atomic E-state index is 13.1. The third-order valence-corrected chi connectivity index (χ3v) is 3.48. The van der Waals surface area contributed by atoms with E-state index in [1.807, 2.05) is 0 Å². The predicted octanol–water partition coefficient (Wildman–Crippen LogP) is 3.46. The molecule has 1 aromatic heterocycles. The van der Waals surface area contributed by atoms with Crippen LogP contribution in [0.3, 0.4) is 0 Å². The molecule has 0 bridgehead atoms. The minimum atomic E-state index is -0.337. The summed E-state index contributed by atoms with van der Waals surface area (Å²) in [5.74, 6) is -0.0255. The van der Waals surface area contributed by atoms with Crippen molar-refractivity contribution >= 4 is 39.6 Å². The molecule has 0 saturated carbocycles. The van der Waals surface area contributed by atoms with Crippen LogP contribution in [0.1, 0.15) is 15.9 Å². The smallest absolute Gasteiger partial charge is 0.156 e. The van der Waals surface area contributed by atoms with Crippen LogP contribution >= 0.6 is 27.5 Å². The molecule has 98 valence electrons. The second-order valence-corrected chi connectivity index (χ2v) is 4.85. The van der Waals surface area contributed by atoms with Crippen LogP contribution in [0.5, 0.6) is 0 Å². The number of halogens is 3. The van der Waals surface area contributed by atoms with Crippen LogP contribution in [0.2, 0.25) is 5.15 Å². The first-order valence-electron chi connectivity index (χ1n) is 5.25. The zero-order chi connectivity index (χ0) is 13.8. The molecular weight excluding hydrogens is 337 g/mol. The van der Waals surface area contributed by atoms with Crippen LogP contribution in [-0.2, 0) is 6.54 Å². The molecule has 19 heavy (non-hydrogen) atoms. The summed E-state index contributed by atoms with van der Waals surface area (Å²) in [6.45, 7) is 0.298. The van der Waals surface area contributed by atoms with Gasteiger partial charge in [0.25, 0.3) is 0 Å². The number of benzene rings is 1. The van der Waals surface area contributed by atoms with E-state index in [-0.39, 0.29) is 16.5 Å². The fourth-order valence-corrected chi connectivity index (χ4v) is 2.04. The summed E-state index contributed by atoms with van der Waals surface area (Å²) in [4.78, 5) is 18.5. The summed E-state index contributed by atoms with van der Waals surface area (Å²) in [7, 11) is 0. The van der Waals surface area contributed by atoms with Crippen molar-refractivity contribution in [3.63, 3.8) is 0 Å². The molecule has 0 saturated heterocycles. The Morgan fingerprint density at radius 2 is 2.21 bits per heavy atom. The highest BCUT2D eigenvalue weighted by molar-refractivity contribution is 9.10. The third kappa shape index (κ3) is 3.27. The lowest BCUT2D eigenvalue weighted by Gasteiger charge is -2.09. The summed E-state index contributed by atoms with van der Waals surface area (Å²) < 4.78 is 13.9. The summed E-state index contributed by atoms with van der Waals surface area (Å²) in [5, 5.41) is 3.00. The molecule has 2 aromatic rings. The average molecular weight is 345 g/mol. The topological polar surface area (TPSA) is 54.9 Å². The Morgan fingerprint density at radius 1 is 1.42 bits per heavy atom. The van der Waals surface area contributed by atoms with Crippen molar-refractivity contribution in [2.75, 3.05) is 5.32 Å². The maximum atomic E-state index is 13.1. The van der Waals surface area contributed by atoms with E-state index in [1.165, 1.54) is 18.5 Å². The number of hydrogen-bond acceptors (Lipinski definition) is 4. The quantitative estimate of drug-likeness (QED) is 0.682. The molecule has 2 rings (SSSR count). The van der Waals surface area contributed by atoms with Gasteiger partial charge < -0.3 is 5.32 Å². The molecule has 0 amide bonds. The van der Waals surface area contributed by atoms with Crippen molar-refractivity contribution in [3.8, 4) is 0 Å². The molecule has 0 aliphatic heterocycles. The molecule has 7 heteroatoms. The van der Waals surface area contributed by atoms with Gasteiger partial charge in [-0.15, -0.1) is 0 Å². The van der Waals surface area contributed by atoms with E-state index in [0.29, 0.717) is 24.2 Å². The Bertz CT molecular complexity index is 624. The van der Waals surface area contributed by atoms with E-state index in [2.05, 4.69) is 31.2 Å². The molecule has 1 N–H and O–H groups in total. The molecule has 1 heterocycles. The zero-order valence-electron chi connectivity index (χ0n) is 9.53. The Morgan fingerprint density at radius 3 is 2.95 bits per heavy atom. The van der Waals surface area contributed by atoms with E-state index in [0.717, 1.165) is 4.47 Å². The second-order valence-electron chi connectivity index (χ2n) is 3.63. The summed E-state index contributed by atoms with van der Waals surface area (Å²) in [6, 6.07) is 4.35. The van der Waals surface area contributed by atoms with Crippen molar-refractivity contribution in [1.29, 1.82) is 0 Å². The number of anilines is 1. The third-order valence-electron chi connectivity index (χ3n) is 2.41. The minimum Gasteiger partial charge on any atom is -0.365 e. The first kappa shape index (κ1) is 13.9. The number of rotatable bonds is 4. The molecule has 0 radical (unpaired) electrons. The number of hydrogen-bond donors (Lipinski definition) is 1. The number of aromatic nitrogens is 2. The first-order chi connectivity index (χ1) is 9.11. The van der Waals surface area contributed by atoms with Crippen LogP contribution in [0.4, 0.5) is 10.2 Å². The Labute approximate surface area is 122 Å². The molecule has 4 nitrogen and oxygen atoms in total. The second kappa shape index (κ2) is 6.08. The van der Waals surface area contributed by atoms with Crippen LogP contribution < -0.4 is 5.32 Å². The lowest BCUT2D eigenvalue weighted by Crippen LogP contribution is -2.06. The SMILES string of the molecule is O=Cc1c(Cl)ncnc1NCc1cc(F)ccc1Br. The zero-order valence-corrected chi connectivity index (χ0v) is 11.9. The lowest BCUT2D eigenvalue weighted by molar-refractivity contribution is 0.112. The van der Waals surface area contributed by atoms with Gasteiger partial charge in [0, 0.05) is 11.0 Å². The van der Waals surface area contributed by atoms with E-state index >= 15 is 0 Å².